The second-order valence-corrected chi connectivity index (χ2v) is 5.17. The van der Waals surface area contributed by atoms with E-state index < -0.39 is 0 Å². The van der Waals surface area contributed by atoms with Gasteiger partial charge in [-0.05, 0) is 38.1 Å². The Hall–Kier alpha value is -2.43. The Bertz CT molecular complexity index is 613. The van der Waals surface area contributed by atoms with E-state index in [0.29, 0.717) is 5.75 Å². The summed E-state index contributed by atoms with van der Waals surface area (Å²) in [5.74, 6) is 0.491. The van der Waals surface area contributed by atoms with Gasteiger partial charge in [-0.15, -0.1) is 0 Å². The summed E-state index contributed by atoms with van der Waals surface area (Å²) in [6, 6.07) is 11.5. The summed E-state index contributed by atoms with van der Waals surface area (Å²) < 4.78 is 7.29. The Kier molecular flexibility index (Phi) is 4.52. The number of amides is 1. The molecule has 5 nitrogen and oxygen atoms in total. The van der Waals surface area contributed by atoms with E-state index in [4.69, 9.17) is 4.74 Å². The summed E-state index contributed by atoms with van der Waals surface area (Å²) in [5.41, 5.74) is 5.80. The minimum atomic E-state index is -0.187. The molecule has 0 fully saturated rings. The largest absolute Gasteiger partial charge is 0.484 e. The second kappa shape index (κ2) is 6.35. The molecule has 112 valence electrons. The zero-order valence-corrected chi connectivity index (χ0v) is 12.9. The zero-order chi connectivity index (χ0) is 15.4. The van der Waals surface area contributed by atoms with E-state index in [9.17, 15) is 4.79 Å². The fourth-order valence-corrected chi connectivity index (χ4v) is 2.00. The smallest absolute Gasteiger partial charge is 0.276 e. The molecule has 1 heterocycles. The lowest BCUT2D eigenvalue weighted by Gasteiger charge is -2.15. The molecule has 2 rings (SSSR count). The Morgan fingerprint density at radius 1 is 1.19 bits per heavy atom. The van der Waals surface area contributed by atoms with Gasteiger partial charge >= 0.3 is 0 Å². The molecule has 2 aromatic rings. The van der Waals surface area contributed by atoms with Crippen molar-refractivity contribution < 1.29 is 9.53 Å². The van der Waals surface area contributed by atoms with Gasteiger partial charge in [0, 0.05) is 37.2 Å². The topological polar surface area (TPSA) is 46.5 Å². The molecule has 0 aliphatic heterocycles. The van der Waals surface area contributed by atoms with Gasteiger partial charge in [-0.2, -0.15) is 0 Å². The number of benzene rings is 1. The molecule has 1 aromatic heterocycles. The molecule has 1 amide bonds. The van der Waals surface area contributed by atoms with Crippen LogP contribution < -0.4 is 15.1 Å². The van der Waals surface area contributed by atoms with E-state index >= 15 is 0 Å². The molecule has 0 bridgehead atoms. The number of carbonyl (C=O) groups excluding carboxylic acids is 1. The van der Waals surface area contributed by atoms with Crippen LogP contribution in [0.15, 0.2) is 36.4 Å². The van der Waals surface area contributed by atoms with Crippen molar-refractivity contribution in [1.29, 1.82) is 0 Å². The maximum Gasteiger partial charge on any atom is 0.276 e. The minimum absolute atomic E-state index is 0.0199. The van der Waals surface area contributed by atoms with Crippen LogP contribution in [0.5, 0.6) is 5.75 Å². The predicted molar refractivity (Wildman–Crippen MR) is 84.5 cm³/mol. The van der Waals surface area contributed by atoms with Crippen LogP contribution in [0, 0.1) is 13.8 Å². The number of ether oxygens (including phenoxy) is 1. The van der Waals surface area contributed by atoms with E-state index in [1.54, 1.807) is 4.68 Å². The van der Waals surface area contributed by atoms with E-state index in [0.717, 1.165) is 17.1 Å². The maximum atomic E-state index is 11.9. The van der Waals surface area contributed by atoms with E-state index in [1.165, 1.54) is 0 Å². The lowest BCUT2D eigenvalue weighted by atomic mass is 10.3. The number of hydrogen-bond acceptors (Lipinski definition) is 3. The van der Waals surface area contributed by atoms with Crippen molar-refractivity contribution in [2.24, 2.45) is 0 Å². The van der Waals surface area contributed by atoms with Gasteiger partial charge in [0.15, 0.2) is 6.61 Å². The first-order valence-corrected chi connectivity index (χ1v) is 6.82. The summed E-state index contributed by atoms with van der Waals surface area (Å²) in [7, 11) is 3.92. The van der Waals surface area contributed by atoms with E-state index in [1.807, 2.05) is 69.2 Å². The normalized spacial score (nSPS) is 10.3. The van der Waals surface area contributed by atoms with Gasteiger partial charge in [0.05, 0.1) is 0 Å². The first kappa shape index (κ1) is 15.0. The van der Waals surface area contributed by atoms with Crippen LogP contribution in [0.25, 0.3) is 0 Å². The van der Waals surface area contributed by atoms with Crippen molar-refractivity contribution in [3.8, 4) is 5.75 Å². The van der Waals surface area contributed by atoms with Crippen molar-refractivity contribution in [2.75, 3.05) is 31.0 Å². The lowest BCUT2D eigenvalue weighted by Crippen LogP contribution is -2.29. The van der Waals surface area contributed by atoms with Gasteiger partial charge in [0.2, 0.25) is 0 Å². The standard InChI is InChI=1S/C16H21N3O2/c1-12-8-9-13(2)19(12)17-16(20)11-21-15-7-5-6-14(10-15)18(3)4/h5-10H,11H2,1-4H3,(H,17,20). The molecule has 21 heavy (non-hydrogen) atoms. The van der Waals surface area contributed by atoms with E-state index in [2.05, 4.69) is 5.43 Å². The summed E-state index contributed by atoms with van der Waals surface area (Å²) in [4.78, 5) is 13.9. The Balaban J connectivity index is 1.94. The molecule has 5 heteroatoms. The van der Waals surface area contributed by atoms with Crippen molar-refractivity contribution >= 4 is 11.6 Å². The summed E-state index contributed by atoms with van der Waals surface area (Å²) in [6.45, 7) is 3.86. The molecule has 0 radical (unpaired) electrons. The summed E-state index contributed by atoms with van der Waals surface area (Å²) in [6.07, 6.45) is 0. The molecule has 0 aliphatic carbocycles. The zero-order valence-electron chi connectivity index (χ0n) is 12.9. The van der Waals surface area contributed by atoms with Crippen LogP contribution in [-0.4, -0.2) is 31.3 Å². The lowest BCUT2D eigenvalue weighted by molar-refractivity contribution is -0.119. The average molecular weight is 287 g/mol. The molecular formula is C16H21N3O2. The fraction of sp³-hybridized carbons (Fsp3) is 0.312. The second-order valence-electron chi connectivity index (χ2n) is 5.17. The fourth-order valence-electron chi connectivity index (χ4n) is 2.00. The molecule has 0 unspecified atom stereocenters. The predicted octanol–water partition coefficient (Wildman–Crippen LogP) is 2.32. The highest BCUT2D eigenvalue weighted by Crippen LogP contribution is 2.19. The van der Waals surface area contributed by atoms with Crippen LogP contribution in [0.3, 0.4) is 0 Å². The van der Waals surface area contributed by atoms with Gasteiger partial charge in [-0.3, -0.25) is 14.9 Å². The highest BCUT2D eigenvalue weighted by atomic mass is 16.5. The Morgan fingerprint density at radius 2 is 1.86 bits per heavy atom. The van der Waals surface area contributed by atoms with Crippen LogP contribution in [0.1, 0.15) is 11.4 Å². The quantitative estimate of drug-likeness (QED) is 0.918. The highest BCUT2D eigenvalue weighted by Gasteiger charge is 2.07. The Labute approximate surface area is 125 Å². The van der Waals surface area contributed by atoms with Crippen LogP contribution in [0.2, 0.25) is 0 Å². The van der Waals surface area contributed by atoms with Crippen molar-refractivity contribution in [2.45, 2.75) is 13.8 Å². The Morgan fingerprint density at radius 3 is 2.48 bits per heavy atom. The number of aromatic nitrogens is 1. The van der Waals surface area contributed by atoms with E-state index in [-0.39, 0.29) is 12.5 Å². The molecule has 0 saturated heterocycles. The third-order valence-electron chi connectivity index (χ3n) is 3.21. The SMILES string of the molecule is Cc1ccc(C)n1NC(=O)COc1cccc(N(C)C)c1. The number of nitrogens with one attached hydrogen (secondary N) is 1. The number of hydrogen-bond donors (Lipinski definition) is 1. The highest BCUT2D eigenvalue weighted by molar-refractivity contribution is 5.85. The van der Waals surface area contributed by atoms with Crippen molar-refractivity contribution in [1.82, 2.24) is 4.68 Å². The molecule has 1 N–H and O–H groups in total. The molecular weight excluding hydrogens is 266 g/mol. The van der Waals surface area contributed by atoms with Gasteiger partial charge in [-0.1, -0.05) is 6.07 Å². The van der Waals surface area contributed by atoms with Crippen LogP contribution >= 0.6 is 0 Å². The average Bonchev–Trinajstić information content (AvgIpc) is 2.77. The van der Waals surface area contributed by atoms with Gasteiger partial charge in [0.1, 0.15) is 5.75 Å². The third kappa shape index (κ3) is 3.78. The molecule has 0 spiro atoms. The molecule has 0 saturated carbocycles. The number of anilines is 1. The van der Waals surface area contributed by atoms with Gasteiger partial charge in [0.25, 0.3) is 5.91 Å². The first-order valence-electron chi connectivity index (χ1n) is 6.82. The van der Waals surface area contributed by atoms with Gasteiger partial charge < -0.3 is 9.64 Å². The first-order chi connectivity index (χ1) is 9.97. The molecule has 0 atom stereocenters. The monoisotopic (exact) mass is 287 g/mol. The minimum Gasteiger partial charge on any atom is -0.484 e. The van der Waals surface area contributed by atoms with Crippen molar-refractivity contribution in [3.63, 3.8) is 0 Å². The van der Waals surface area contributed by atoms with Gasteiger partial charge in [-0.25, -0.2) is 0 Å². The van der Waals surface area contributed by atoms with Crippen molar-refractivity contribution in [3.05, 3.63) is 47.8 Å². The van der Waals surface area contributed by atoms with Crippen LogP contribution in [-0.2, 0) is 4.79 Å². The number of carbonyl (C=O) groups is 1. The third-order valence-corrected chi connectivity index (χ3v) is 3.21. The van der Waals surface area contributed by atoms with Crippen LogP contribution in [0.4, 0.5) is 5.69 Å². The molecule has 0 aliphatic rings. The summed E-state index contributed by atoms with van der Waals surface area (Å²) in [5, 5.41) is 0. The summed E-state index contributed by atoms with van der Waals surface area (Å²) >= 11 is 0. The number of aryl methyl sites for hydroxylation is 2. The molecule has 1 aromatic carbocycles. The maximum absolute atomic E-state index is 11.9. The number of nitrogens with zero attached hydrogens (tertiary/aromatic N) is 2. The number of rotatable bonds is 5.